The number of benzene rings is 1. The Kier molecular flexibility index (Phi) is 9.05. The molecular weight excluding hydrogens is 428 g/mol. The Morgan fingerprint density at radius 1 is 1.31 bits per heavy atom. The number of aliphatic imine (C=N–C) groups is 1. The molecular formula is C24H31BrN2O2. The van der Waals surface area contributed by atoms with Gasteiger partial charge < -0.3 is 4.74 Å². The summed E-state index contributed by atoms with van der Waals surface area (Å²) in [7, 11) is 3.16. The zero-order chi connectivity index (χ0) is 21.4. The molecule has 156 valence electrons. The lowest BCUT2D eigenvalue weighted by Crippen LogP contribution is -2.40. The van der Waals surface area contributed by atoms with Crippen LogP contribution in [0.15, 0.2) is 63.6 Å². The van der Waals surface area contributed by atoms with Gasteiger partial charge in [0.25, 0.3) is 0 Å². The third-order valence-corrected chi connectivity index (χ3v) is 6.39. The minimum absolute atomic E-state index is 0.285. The summed E-state index contributed by atoms with van der Waals surface area (Å²) in [6, 6.07) is 8.23. The summed E-state index contributed by atoms with van der Waals surface area (Å²) in [4.78, 5) is 18.1. The number of esters is 1. The number of hydrogen-bond acceptors (Lipinski definition) is 4. The Morgan fingerprint density at radius 3 is 2.48 bits per heavy atom. The van der Waals surface area contributed by atoms with Gasteiger partial charge in [-0.1, -0.05) is 46.3 Å². The van der Waals surface area contributed by atoms with Crippen molar-refractivity contribution in [1.29, 1.82) is 0 Å². The summed E-state index contributed by atoms with van der Waals surface area (Å²) < 4.78 is 5.72. The zero-order valence-electron chi connectivity index (χ0n) is 17.8. The van der Waals surface area contributed by atoms with Crippen molar-refractivity contribution in [2.75, 3.05) is 27.2 Å². The van der Waals surface area contributed by atoms with Gasteiger partial charge in [0.05, 0.1) is 12.7 Å². The molecule has 0 aliphatic carbocycles. The molecule has 1 aliphatic rings. The highest BCUT2D eigenvalue weighted by molar-refractivity contribution is 9.12. The van der Waals surface area contributed by atoms with E-state index in [-0.39, 0.29) is 5.97 Å². The number of carbonyl (C=O) groups excluding carboxylic acids is 1. The number of likely N-dealkylation sites (tertiary alicyclic amines) is 1. The van der Waals surface area contributed by atoms with E-state index in [2.05, 4.69) is 64.5 Å². The molecule has 1 heterocycles. The SMILES string of the molecule is C=C(/C=C(\C)C(C)N1CCC(c2ccc(C(=O)OC)cc2)CC1)/C(Br)=C\C=NC. The molecule has 0 saturated carbocycles. The van der Waals surface area contributed by atoms with Crippen LogP contribution in [0.3, 0.4) is 0 Å². The Balaban J connectivity index is 1.95. The molecule has 29 heavy (non-hydrogen) atoms. The minimum Gasteiger partial charge on any atom is -0.465 e. The second kappa shape index (κ2) is 11.3. The second-order valence-corrected chi connectivity index (χ2v) is 8.29. The standard InChI is InChI=1S/C24H31BrN2O2/c1-17(16-18(2)23(25)10-13-26-4)19(3)27-14-11-21(12-15-27)20-6-8-22(9-7-20)24(28)29-5/h6-10,13,16,19,21H,2,11-12,14-15H2,1,3-5H3/b17-16+,23-10+,26-13?. The maximum absolute atomic E-state index is 11.6. The van der Waals surface area contributed by atoms with E-state index >= 15 is 0 Å². The normalized spacial score (nSPS) is 18.1. The Labute approximate surface area is 183 Å². The van der Waals surface area contributed by atoms with Crippen molar-refractivity contribution < 1.29 is 9.53 Å². The number of hydrogen-bond donors (Lipinski definition) is 0. The first-order chi connectivity index (χ1) is 13.9. The number of piperidine rings is 1. The maximum Gasteiger partial charge on any atom is 0.337 e. The van der Waals surface area contributed by atoms with Crippen molar-refractivity contribution in [1.82, 2.24) is 4.90 Å². The largest absolute Gasteiger partial charge is 0.465 e. The van der Waals surface area contributed by atoms with Gasteiger partial charge in [-0.15, -0.1) is 0 Å². The molecule has 1 unspecified atom stereocenters. The van der Waals surface area contributed by atoms with Crippen molar-refractivity contribution in [3.8, 4) is 0 Å². The fourth-order valence-electron chi connectivity index (χ4n) is 3.63. The molecule has 1 aromatic carbocycles. The monoisotopic (exact) mass is 458 g/mol. The third-order valence-electron chi connectivity index (χ3n) is 5.62. The molecule has 5 heteroatoms. The summed E-state index contributed by atoms with van der Waals surface area (Å²) in [5, 5.41) is 0. The van der Waals surface area contributed by atoms with Gasteiger partial charge in [-0.3, -0.25) is 9.89 Å². The Hall–Kier alpha value is -1.98. The molecule has 1 fully saturated rings. The average Bonchev–Trinajstić information content (AvgIpc) is 2.76. The number of ether oxygens (including phenoxy) is 1. The van der Waals surface area contributed by atoms with Gasteiger partial charge in [0.1, 0.15) is 0 Å². The van der Waals surface area contributed by atoms with Crippen molar-refractivity contribution in [2.45, 2.75) is 38.6 Å². The maximum atomic E-state index is 11.6. The predicted molar refractivity (Wildman–Crippen MR) is 125 cm³/mol. The summed E-state index contributed by atoms with van der Waals surface area (Å²) in [5.74, 6) is 0.252. The second-order valence-electron chi connectivity index (χ2n) is 7.44. The van der Waals surface area contributed by atoms with Crippen LogP contribution in [0.25, 0.3) is 0 Å². The molecule has 0 amide bonds. The molecule has 1 atom stereocenters. The Morgan fingerprint density at radius 2 is 1.93 bits per heavy atom. The fourth-order valence-corrected chi connectivity index (χ4v) is 3.86. The van der Waals surface area contributed by atoms with Crippen LogP contribution in [-0.2, 0) is 4.74 Å². The highest BCUT2D eigenvalue weighted by atomic mass is 79.9. The van der Waals surface area contributed by atoms with Crippen molar-refractivity contribution in [3.05, 3.63) is 69.8 Å². The lowest BCUT2D eigenvalue weighted by atomic mass is 9.88. The van der Waals surface area contributed by atoms with E-state index in [9.17, 15) is 4.79 Å². The summed E-state index contributed by atoms with van der Waals surface area (Å²) in [6.45, 7) is 10.7. The van der Waals surface area contributed by atoms with E-state index in [1.165, 1.54) is 18.2 Å². The molecule has 0 radical (unpaired) electrons. The van der Waals surface area contributed by atoms with Crippen molar-refractivity contribution in [2.24, 2.45) is 4.99 Å². The fraction of sp³-hybridized carbons (Fsp3) is 0.417. The van der Waals surface area contributed by atoms with Gasteiger partial charge in [0.2, 0.25) is 0 Å². The van der Waals surface area contributed by atoms with Gasteiger partial charge >= 0.3 is 5.97 Å². The van der Waals surface area contributed by atoms with Crippen molar-refractivity contribution in [3.63, 3.8) is 0 Å². The highest BCUT2D eigenvalue weighted by Crippen LogP contribution is 2.30. The molecule has 2 rings (SSSR count). The third kappa shape index (κ3) is 6.51. The van der Waals surface area contributed by atoms with E-state index < -0.39 is 0 Å². The number of halogens is 1. The molecule has 1 saturated heterocycles. The van der Waals surface area contributed by atoms with Gasteiger partial charge in [-0.2, -0.15) is 0 Å². The molecule has 0 bridgehead atoms. The van der Waals surface area contributed by atoms with Crippen LogP contribution in [0, 0.1) is 0 Å². The topological polar surface area (TPSA) is 41.9 Å². The van der Waals surface area contributed by atoms with E-state index in [1.54, 1.807) is 13.3 Å². The Bertz CT molecular complexity index is 801. The molecule has 4 nitrogen and oxygen atoms in total. The van der Waals surface area contributed by atoms with Gasteiger partial charge in [0, 0.05) is 23.8 Å². The van der Waals surface area contributed by atoms with Crippen LogP contribution in [0.1, 0.15) is 48.5 Å². The molecule has 0 aromatic heterocycles. The number of carbonyl (C=O) groups is 1. The smallest absolute Gasteiger partial charge is 0.337 e. The van der Waals surface area contributed by atoms with Gasteiger partial charge in [-0.25, -0.2) is 4.79 Å². The highest BCUT2D eigenvalue weighted by Gasteiger charge is 2.24. The molecule has 0 spiro atoms. The van der Waals surface area contributed by atoms with E-state index in [0.717, 1.165) is 36.0 Å². The molecule has 0 N–H and O–H groups in total. The van der Waals surface area contributed by atoms with Crippen LogP contribution in [-0.4, -0.2) is 50.4 Å². The lowest BCUT2D eigenvalue weighted by Gasteiger charge is -2.36. The summed E-state index contributed by atoms with van der Waals surface area (Å²) >= 11 is 3.55. The first-order valence-corrected chi connectivity index (χ1v) is 10.7. The van der Waals surface area contributed by atoms with Gasteiger partial charge in [0.15, 0.2) is 0 Å². The van der Waals surface area contributed by atoms with Crippen molar-refractivity contribution >= 4 is 28.1 Å². The van der Waals surface area contributed by atoms with Crippen LogP contribution in [0.5, 0.6) is 0 Å². The first-order valence-electron chi connectivity index (χ1n) is 9.95. The molecule has 1 aliphatic heterocycles. The number of methoxy groups -OCH3 is 1. The quantitative estimate of drug-likeness (QED) is 0.306. The van der Waals surface area contributed by atoms with Crippen LogP contribution in [0.4, 0.5) is 0 Å². The van der Waals surface area contributed by atoms with Crippen LogP contribution in [0.2, 0.25) is 0 Å². The van der Waals surface area contributed by atoms with Gasteiger partial charge in [-0.05, 0) is 75.0 Å². The van der Waals surface area contributed by atoms with Crippen LogP contribution >= 0.6 is 15.9 Å². The minimum atomic E-state index is -0.285. The lowest BCUT2D eigenvalue weighted by molar-refractivity contribution is 0.0600. The van der Waals surface area contributed by atoms with E-state index in [4.69, 9.17) is 4.74 Å². The zero-order valence-corrected chi connectivity index (χ0v) is 19.4. The number of nitrogens with zero attached hydrogens (tertiary/aromatic N) is 2. The summed E-state index contributed by atoms with van der Waals surface area (Å²) in [5.41, 5.74) is 4.16. The molecule has 1 aromatic rings. The average molecular weight is 459 g/mol. The van der Waals surface area contributed by atoms with E-state index in [1.807, 2.05) is 18.2 Å². The number of rotatable bonds is 7. The predicted octanol–water partition coefficient (Wildman–Crippen LogP) is 5.52. The van der Waals surface area contributed by atoms with E-state index in [0.29, 0.717) is 17.5 Å². The first kappa shape index (κ1) is 23.3. The van der Waals surface area contributed by atoms with Crippen LogP contribution < -0.4 is 0 Å². The number of allylic oxidation sites excluding steroid dienone is 4. The summed E-state index contributed by atoms with van der Waals surface area (Å²) in [6.07, 6.45) is 8.05.